The first-order chi connectivity index (χ1) is 8.83. The minimum absolute atomic E-state index is 0.0784. The number of nitrogens with zero attached hydrogens (tertiary/aromatic N) is 2. The number of amides is 2. The Morgan fingerprint density at radius 1 is 1.37 bits per heavy atom. The predicted octanol–water partition coefficient (Wildman–Crippen LogP) is 0.312. The zero-order chi connectivity index (χ0) is 14.5. The minimum Gasteiger partial charge on any atom is -0.472 e. The second-order valence-corrected chi connectivity index (χ2v) is 6.62. The molecule has 1 aromatic rings. The molecule has 0 aliphatic rings. The Morgan fingerprint density at radius 3 is 2.58 bits per heavy atom. The van der Waals surface area contributed by atoms with Crippen LogP contribution in [0.3, 0.4) is 0 Å². The Labute approximate surface area is 113 Å². The third-order valence-electron chi connectivity index (χ3n) is 2.54. The van der Waals surface area contributed by atoms with Crippen molar-refractivity contribution in [3.8, 4) is 0 Å². The maximum Gasteiger partial charge on any atom is 0.317 e. The fourth-order valence-electron chi connectivity index (χ4n) is 1.33. The van der Waals surface area contributed by atoms with Gasteiger partial charge in [-0.3, -0.25) is 0 Å². The lowest BCUT2D eigenvalue weighted by Crippen LogP contribution is -2.40. The van der Waals surface area contributed by atoms with Gasteiger partial charge in [-0.1, -0.05) is 0 Å². The summed E-state index contributed by atoms with van der Waals surface area (Å²) in [5, 5.41) is 2.56. The van der Waals surface area contributed by atoms with Crippen LogP contribution in [-0.2, 0) is 16.6 Å². The molecule has 0 radical (unpaired) electrons. The van der Waals surface area contributed by atoms with Crippen LogP contribution in [0, 0.1) is 0 Å². The third kappa shape index (κ3) is 4.92. The summed E-state index contributed by atoms with van der Waals surface area (Å²) >= 11 is 0. The number of hydrogen-bond donors (Lipinski definition) is 1. The van der Waals surface area contributed by atoms with Crippen molar-refractivity contribution in [3.63, 3.8) is 0 Å². The quantitative estimate of drug-likeness (QED) is 0.817. The number of carbonyl (C=O) groups excluding carboxylic acids is 1. The first-order valence-corrected chi connectivity index (χ1v) is 7.34. The van der Waals surface area contributed by atoms with E-state index in [0.29, 0.717) is 6.54 Å². The van der Waals surface area contributed by atoms with Gasteiger partial charge in [0, 0.05) is 33.3 Å². The molecule has 19 heavy (non-hydrogen) atoms. The molecule has 0 fully saturated rings. The lowest BCUT2D eigenvalue weighted by Gasteiger charge is -2.17. The number of urea groups is 1. The van der Waals surface area contributed by atoms with Crippen LogP contribution >= 0.6 is 0 Å². The van der Waals surface area contributed by atoms with E-state index in [1.807, 2.05) is 0 Å². The predicted molar refractivity (Wildman–Crippen MR) is 71.0 cm³/mol. The summed E-state index contributed by atoms with van der Waals surface area (Å²) in [7, 11) is 1.26. The van der Waals surface area contributed by atoms with Crippen molar-refractivity contribution in [3.05, 3.63) is 24.2 Å². The summed E-state index contributed by atoms with van der Waals surface area (Å²) in [6.07, 6.45) is 3.09. The Bertz CT molecular complexity index is 496. The highest BCUT2D eigenvalue weighted by Gasteiger charge is 2.15. The molecule has 0 atom stereocenters. The fourth-order valence-corrected chi connectivity index (χ4v) is 2.06. The first-order valence-electron chi connectivity index (χ1n) is 5.73. The fraction of sp³-hybridized carbons (Fsp3) is 0.545. The molecule has 2 amide bonds. The van der Waals surface area contributed by atoms with Gasteiger partial charge in [-0.15, -0.1) is 0 Å². The van der Waals surface area contributed by atoms with E-state index in [0.717, 1.165) is 9.87 Å². The first kappa shape index (κ1) is 15.5. The Kier molecular flexibility index (Phi) is 5.37. The lowest BCUT2D eigenvalue weighted by molar-refractivity contribution is 0.207. The summed E-state index contributed by atoms with van der Waals surface area (Å²) in [5.41, 5.74) is 0.874. The van der Waals surface area contributed by atoms with Gasteiger partial charge in [-0.25, -0.2) is 17.5 Å². The molecule has 1 rings (SSSR count). The molecule has 0 unspecified atom stereocenters. The summed E-state index contributed by atoms with van der Waals surface area (Å²) in [5.74, 6) is -0.120. The molecule has 0 saturated carbocycles. The minimum atomic E-state index is -3.28. The van der Waals surface area contributed by atoms with Gasteiger partial charge in [0.05, 0.1) is 24.8 Å². The zero-order valence-corrected chi connectivity index (χ0v) is 12.1. The highest BCUT2D eigenvalue weighted by Crippen LogP contribution is 2.03. The molecule has 1 aromatic heterocycles. The SMILES string of the molecule is CN(Cc1ccoc1)C(=O)NCCS(=O)(=O)N(C)C. The normalized spacial score (nSPS) is 11.6. The second kappa shape index (κ2) is 6.58. The van der Waals surface area contributed by atoms with Crippen molar-refractivity contribution < 1.29 is 17.6 Å². The average Bonchev–Trinajstić information content (AvgIpc) is 2.81. The van der Waals surface area contributed by atoms with E-state index >= 15 is 0 Å². The molecule has 0 aliphatic heterocycles. The largest absolute Gasteiger partial charge is 0.472 e. The molecule has 0 aliphatic carbocycles. The number of sulfonamides is 1. The van der Waals surface area contributed by atoms with Gasteiger partial charge in [0.2, 0.25) is 10.0 Å². The van der Waals surface area contributed by atoms with Crippen LogP contribution in [0.2, 0.25) is 0 Å². The van der Waals surface area contributed by atoms with E-state index in [2.05, 4.69) is 5.32 Å². The van der Waals surface area contributed by atoms with Crippen LogP contribution < -0.4 is 5.32 Å². The summed E-state index contributed by atoms with van der Waals surface area (Å²) in [6, 6.07) is 1.44. The van der Waals surface area contributed by atoms with Gasteiger partial charge in [0.25, 0.3) is 0 Å². The van der Waals surface area contributed by atoms with Crippen molar-refractivity contribution in [2.24, 2.45) is 0 Å². The number of carbonyl (C=O) groups is 1. The third-order valence-corrected chi connectivity index (χ3v) is 4.37. The van der Waals surface area contributed by atoms with Crippen molar-refractivity contribution in [2.45, 2.75) is 6.54 Å². The van der Waals surface area contributed by atoms with Crippen molar-refractivity contribution in [2.75, 3.05) is 33.4 Å². The van der Waals surface area contributed by atoms with E-state index in [4.69, 9.17) is 4.42 Å². The van der Waals surface area contributed by atoms with Crippen molar-refractivity contribution in [1.82, 2.24) is 14.5 Å². The monoisotopic (exact) mass is 289 g/mol. The van der Waals surface area contributed by atoms with E-state index in [1.165, 1.54) is 25.3 Å². The van der Waals surface area contributed by atoms with Gasteiger partial charge >= 0.3 is 6.03 Å². The van der Waals surface area contributed by atoms with Crippen LogP contribution in [0.1, 0.15) is 5.56 Å². The van der Waals surface area contributed by atoms with Crippen molar-refractivity contribution in [1.29, 1.82) is 0 Å². The van der Waals surface area contributed by atoms with Crippen LogP contribution in [0.25, 0.3) is 0 Å². The summed E-state index contributed by atoms with van der Waals surface area (Å²) in [6.45, 7) is 0.484. The Morgan fingerprint density at radius 2 is 2.05 bits per heavy atom. The molecular formula is C11H19N3O4S. The number of furan rings is 1. The van der Waals surface area contributed by atoms with Gasteiger partial charge < -0.3 is 14.6 Å². The molecule has 1 heterocycles. The number of rotatable bonds is 6. The zero-order valence-electron chi connectivity index (χ0n) is 11.3. The Balaban J connectivity index is 2.35. The van der Waals surface area contributed by atoms with Crippen molar-refractivity contribution >= 4 is 16.1 Å². The maximum absolute atomic E-state index is 11.7. The maximum atomic E-state index is 11.7. The van der Waals surface area contributed by atoms with E-state index in [9.17, 15) is 13.2 Å². The molecule has 1 N–H and O–H groups in total. The van der Waals surface area contributed by atoms with Gasteiger partial charge in [0.1, 0.15) is 0 Å². The van der Waals surface area contributed by atoms with Crippen LogP contribution in [0.15, 0.2) is 23.0 Å². The molecule has 0 spiro atoms. The molecule has 108 valence electrons. The van der Waals surface area contributed by atoms with Gasteiger partial charge in [0.15, 0.2) is 0 Å². The molecular weight excluding hydrogens is 270 g/mol. The topological polar surface area (TPSA) is 82.9 Å². The number of hydrogen-bond acceptors (Lipinski definition) is 4. The molecule has 7 nitrogen and oxygen atoms in total. The average molecular weight is 289 g/mol. The van der Waals surface area contributed by atoms with Crippen LogP contribution in [0.5, 0.6) is 0 Å². The van der Waals surface area contributed by atoms with E-state index < -0.39 is 10.0 Å². The number of nitrogens with one attached hydrogen (secondary N) is 1. The van der Waals surface area contributed by atoms with Gasteiger partial charge in [-0.05, 0) is 6.07 Å². The van der Waals surface area contributed by atoms with Gasteiger partial charge in [-0.2, -0.15) is 0 Å². The highest BCUT2D eigenvalue weighted by molar-refractivity contribution is 7.89. The standard InChI is InChI=1S/C11H19N3O4S/c1-13(2)19(16,17)7-5-12-11(15)14(3)8-10-4-6-18-9-10/h4,6,9H,5,7-8H2,1-3H3,(H,12,15). The highest BCUT2D eigenvalue weighted by atomic mass is 32.2. The lowest BCUT2D eigenvalue weighted by atomic mass is 10.3. The molecule has 8 heteroatoms. The molecule has 0 saturated heterocycles. The van der Waals surface area contributed by atoms with Crippen LogP contribution in [0.4, 0.5) is 4.79 Å². The molecule has 0 bridgehead atoms. The Hall–Kier alpha value is -1.54. The van der Waals surface area contributed by atoms with E-state index in [-0.39, 0.29) is 18.3 Å². The molecule has 0 aromatic carbocycles. The summed E-state index contributed by atoms with van der Waals surface area (Å²) in [4.78, 5) is 13.2. The second-order valence-electron chi connectivity index (χ2n) is 4.32. The smallest absolute Gasteiger partial charge is 0.317 e. The van der Waals surface area contributed by atoms with Crippen LogP contribution in [-0.4, -0.2) is 57.1 Å². The summed E-state index contributed by atoms with van der Waals surface area (Å²) < 4.78 is 29.0. The van der Waals surface area contributed by atoms with E-state index in [1.54, 1.807) is 19.4 Å².